The number of fused-ring (bicyclic) bond motifs is 1. The fourth-order valence-corrected chi connectivity index (χ4v) is 4.99. The van der Waals surface area contributed by atoms with Crippen LogP contribution in [-0.2, 0) is 0 Å². The first kappa shape index (κ1) is 21.2. The number of aliphatic hydroxyl groups excluding tert-OH is 1. The molecule has 5 rings (SSSR count). The number of aromatic nitrogens is 4. The van der Waals surface area contributed by atoms with Gasteiger partial charge in [0.25, 0.3) is 5.91 Å². The zero-order chi connectivity index (χ0) is 22.4. The number of nitrogens with zero attached hydrogens (tertiary/aromatic N) is 6. The molecule has 3 atom stereocenters. The summed E-state index contributed by atoms with van der Waals surface area (Å²) < 4.78 is 1.79. The van der Waals surface area contributed by atoms with E-state index < -0.39 is 0 Å². The predicted molar refractivity (Wildman–Crippen MR) is 122 cm³/mol. The van der Waals surface area contributed by atoms with Crippen molar-refractivity contribution in [1.29, 1.82) is 0 Å². The van der Waals surface area contributed by atoms with Gasteiger partial charge in [-0.15, -0.1) is 0 Å². The van der Waals surface area contributed by atoms with Crippen LogP contribution in [0.2, 0.25) is 5.02 Å². The van der Waals surface area contributed by atoms with Gasteiger partial charge in [0, 0.05) is 49.6 Å². The van der Waals surface area contributed by atoms with E-state index in [4.69, 9.17) is 21.7 Å². The molecule has 0 aromatic carbocycles. The third kappa shape index (κ3) is 3.71. The summed E-state index contributed by atoms with van der Waals surface area (Å²) in [5.41, 5.74) is 2.85. The first-order valence-corrected chi connectivity index (χ1v) is 11.5. The molecular formula is C23H27ClN6O2. The van der Waals surface area contributed by atoms with E-state index in [-0.39, 0.29) is 29.7 Å². The van der Waals surface area contributed by atoms with E-state index in [1.807, 2.05) is 24.1 Å². The molecule has 0 aliphatic carbocycles. The predicted octanol–water partition coefficient (Wildman–Crippen LogP) is 3.27. The SMILES string of the molecule is Cc1cn2nc(C3CCCCN3C(=O)c3ncccc3Cl)cc2nc1N1CC(C)C(O)C1. The summed E-state index contributed by atoms with van der Waals surface area (Å²) in [5, 5.41) is 15.3. The molecule has 2 aliphatic rings. The number of hydrogen-bond acceptors (Lipinski definition) is 6. The summed E-state index contributed by atoms with van der Waals surface area (Å²) in [6.07, 6.45) is 6.03. The van der Waals surface area contributed by atoms with Crippen LogP contribution in [0.3, 0.4) is 0 Å². The highest BCUT2D eigenvalue weighted by atomic mass is 35.5. The van der Waals surface area contributed by atoms with Crippen molar-refractivity contribution in [1.82, 2.24) is 24.5 Å². The Kier molecular flexibility index (Phi) is 5.51. The first-order valence-electron chi connectivity index (χ1n) is 11.1. The average molecular weight is 455 g/mol. The average Bonchev–Trinajstić information content (AvgIpc) is 3.35. The van der Waals surface area contributed by atoms with E-state index in [0.717, 1.165) is 48.5 Å². The fourth-order valence-electron chi connectivity index (χ4n) is 4.79. The van der Waals surface area contributed by atoms with Crippen molar-refractivity contribution < 1.29 is 9.90 Å². The molecule has 2 aliphatic heterocycles. The Morgan fingerprint density at radius 3 is 2.88 bits per heavy atom. The van der Waals surface area contributed by atoms with Gasteiger partial charge in [-0.3, -0.25) is 4.79 Å². The maximum Gasteiger partial charge on any atom is 0.274 e. The van der Waals surface area contributed by atoms with Gasteiger partial charge < -0.3 is 14.9 Å². The lowest BCUT2D eigenvalue weighted by atomic mass is 9.99. The summed E-state index contributed by atoms with van der Waals surface area (Å²) >= 11 is 6.25. The Morgan fingerprint density at radius 1 is 1.28 bits per heavy atom. The molecule has 0 saturated carbocycles. The summed E-state index contributed by atoms with van der Waals surface area (Å²) in [4.78, 5) is 26.3. The van der Waals surface area contributed by atoms with Gasteiger partial charge in [-0.1, -0.05) is 18.5 Å². The van der Waals surface area contributed by atoms with Crippen molar-refractivity contribution in [3.63, 3.8) is 0 Å². The lowest BCUT2D eigenvalue weighted by Crippen LogP contribution is -2.39. The summed E-state index contributed by atoms with van der Waals surface area (Å²) in [7, 11) is 0. The van der Waals surface area contributed by atoms with E-state index in [9.17, 15) is 9.90 Å². The van der Waals surface area contributed by atoms with Crippen LogP contribution in [0.5, 0.6) is 0 Å². The van der Waals surface area contributed by atoms with Crippen LogP contribution in [0, 0.1) is 12.8 Å². The molecule has 0 radical (unpaired) electrons. The van der Waals surface area contributed by atoms with Gasteiger partial charge >= 0.3 is 0 Å². The van der Waals surface area contributed by atoms with E-state index in [2.05, 4.69) is 16.8 Å². The molecule has 9 heteroatoms. The number of β-amino-alcohol motifs (C(OH)–C–C–N with tert-alkyl or cyclic N) is 1. The molecule has 3 aromatic rings. The maximum absolute atomic E-state index is 13.3. The van der Waals surface area contributed by atoms with Crippen LogP contribution >= 0.6 is 11.6 Å². The van der Waals surface area contributed by atoms with E-state index in [1.54, 1.807) is 22.8 Å². The minimum absolute atomic E-state index is 0.145. The number of piperidine rings is 1. The minimum atomic E-state index is -0.340. The Morgan fingerprint density at radius 2 is 2.12 bits per heavy atom. The van der Waals surface area contributed by atoms with Crippen molar-refractivity contribution >= 4 is 29.0 Å². The Bertz CT molecular complexity index is 1150. The van der Waals surface area contributed by atoms with Crippen LogP contribution < -0.4 is 4.90 Å². The number of anilines is 1. The van der Waals surface area contributed by atoms with E-state index in [0.29, 0.717) is 18.1 Å². The zero-order valence-electron chi connectivity index (χ0n) is 18.3. The van der Waals surface area contributed by atoms with Crippen molar-refractivity contribution in [2.75, 3.05) is 24.5 Å². The van der Waals surface area contributed by atoms with Crippen LogP contribution in [0.1, 0.15) is 54.0 Å². The van der Waals surface area contributed by atoms with Crippen LogP contribution in [0.4, 0.5) is 5.82 Å². The number of hydrogen-bond donors (Lipinski definition) is 1. The standard InChI is InChI=1S/C23H27ClN6O2/c1-14-11-28(13-19(14)31)22-15(2)12-30-20(26-22)10-17(27-30)18-7-3-4-9-29(18)23(32)21-16(24)6-5-8-25-21/h5-6,8,10,12,14,18-19,31H,3-4,7,9,11,13H2,1-2H3. The highest BCUT2D eigenvalue weighted by molar-refractivity contribution is 6.33. The largest absolute Gasteiger partial charge is 0.391 e. The van der Waals surface area contributed by atoms with Gasteiger partial charge in [-0.25, -0.2) is 14.5 Å². The van der Waals surface area contributed by atoms with Gasteiger partial charge in [-0.2, -0.15) is 5.10 Å². The second-order valence-electron chi connectivity index (χ2n) is 8.91. The van der Waals surface area contributed by atoms with Crippen molar-refractivity contribution in [3.05, 3.63) is 52.6 Å². The molecule has 0 bridgehead atoms. The summed E-state index contributed by atoms with van der Waals surface area (Å²) in [6, 6.07) is 5.24. The normalized spacial score (nSPS) is 23.8. The quantitative estimate of drug-likeness (QED) is 0.653. The molecule has 1 amide bonds. The van der Waals surface area contributed by atoms with Crippen LogP contribution in [-0.4, -0.2) is 61.2 Å². The van der Waals surface area contributed by atoms with Crippen molar-refractivity contribution in [2.24, 2.45) is 5.92 Å². The first-order chi connectivity index (χ1) is 15.4. The highest BCUT2D eigenvalue weighted by Crippen LogP contribution is 2.33. The number of aliphatic hydroxyl groups is 1. The number of carbonyl (C=O) groups excluding carboxylic acids is 1. The van der Waals surface area contributed by atoms with Crippen LogP contribution in [0.25, 0.3) is 5.65 Å². The zero-order valence-corrected chi connectivity index (χ0v) is 19.0. The van der Waals surface area contributed by atoms with Crippen molar-refractivity contribution in [3.8, 4) is 0 Å². The number of carbonyl (C=O) groups is 1. The van der Waals surface area contributed by atoms with E-state index >= 15 is 0 Å². The smallest absolute Gasteiger partial charge is 0.274 e. The van der Waals surface area contributed by atoms with Gasteiger partial charge in [0.1, 0.15) is 11.5 Å². The molecule has 1 N–H and O–H groups in total. The Hall–Kier alpha value is -2.71. The molecule has 5 heterocycles. The molecule has 8 nitrogen and oxygen atoms in total. The van der Waals surface area contributed by atoms with Gasteiger partial charge in [-0.05, 0) is 38.3 Å². The monoisotopic (exact) mass is 454 g/mol. The number of likely N-dealkylation sites (tertiary alicyclic amines) is 1. The molecule has 0 spiro atoms. The summed E-state index contributed by atoms with van der Waals surface area (Å²) in [5.74, 6) is 0.930. The second kappa shape index (κ2) is 8.33. The van der Waals surface area contributed by atoms with E-state index in [1.165, 1.54) is 0 Å². The Labute approximate surface area is 191 Å². The number of amides is 1. The third-order valence-corrected chi connectivity index (χ3v) is 6.87. The molecule has 32 heavy (non-hydrogen) atoms. The maximum atomic E-state index is 13.3. The van der Waals surface area contributed by atoms with Gasteiger partial charge in [0.2, 0.25) is 0 Å². The fraction of sp³-hybridized carbons (Fsp3) is 0.478. The van der Waals surface area contributed by atoms with Crippen LogP contribution in [0.15, 0.2) is 30.6 Å². The molecule has 3 aromatic heterocycles. The number of aryl methyl sites for hydroxylation is 1. The number of pyridine rings is 1. The third-order valence-electron chi connectivity index (χ3n) is 6.56. The summed E-state index contributed by atoms with van der Waals surface area (Å²) in [6.45, 7) is 6.07. The lowest BCUT2D eigenvalue weighted by molar-refractivity contribution is 0.0600. The minimum Gasteiger partial charge on any atom is -0.391 e. The second-order valence-corrected chi connectivity index (χ2v) is 9.32. The highest BCUT2D eigenvalue weighted by Gasteiger charge is 2.33. The molecule has 2 fully saturated rings. The molecule has 3 unspecified atom stereocenters. The molecule has 168 valence electrons. The van der Waals surface area contributed by atoms with Gasteiger partial charge in [0.15, 0.2) is 5.65 Å². The van der Waals surface area contributed by atoms with Gasteiger partial charge in [0.05, 0.1) is 22.9 Å². The molecular weight excluding hydrogens is 428 g/mol. The lowest BCUT2D eigenvalue weighted by Gasteiger charge is -2.34. The Balaban J connectivity index is 1.47. The molecule has 2 saturated heterocycles. The topological polar surface area (TPSA) is 86.9 Å². The number of halogens is 1. The van der Waals surface area contributed by atoms with Crippen molar-refractivity contribution in [2.45, 2.75) is 45.3 Å². The number of rotatable bonds is 3.